The summed E-state index contributed by atoms with van der Waals surface area (Å²) in [4.78, 5) is 41.6. The van der Waals surface area contributed by atoms with E-state index in [2.05, 4.69) is 41.0 Å². The van der Waals surface area contributed by atoms with E-state index in [0.717, 1.165) is 21.1 Å². The predicted octanol–water partition coefficient (Wildman–Crippen LogP) is 3.70. The van der Waals surface area contributed by atoms with E-state index in [9.17, 15) is 14.7 Å². The molecule has 5 heterocycles. The van der Waals surface area contributed by atoms with Crippen molar-refractivity contribution >= 4 is 64.2 Å². The first-order valence-electron chi connectivity index (χ1n) is 12.7. The van der Waals surface area contributed by atoms with Crippen molar-refractivity contribution in [3.63, 3.8) is 0 Å². The van der Waals surface area contributed by atoms with Gasteiger partial charge in [0.15, 0.2) is 5.65 Å². The van der Waals surface area contributed by atoms with Crippen LogP contribution in [0.15, 0.2) is 30.7 Å². The monoisotopic (exact) mass is 597 g/mol. The molecule has 40 heavy (non-hydrogen) atoms. The van der Waals surface area contributed by atoms with Gasteiger partial charge >= 0.3 is 0 Å². The molecule has 5 rings (SSSR count). The molecule has 14 heteroatoms. The van der Waals surface area contributed by atoms with Crippen molar-refractivity contribution < 1.29 is 19.4 Å². The van der Waals surface area contributed by atoms with Gasteiger partial charge in [0.2, 0.25) is 6.23 Å². The fourth-order valence-electron chi connectivity index (χ4n) is 4.19. The summed E-state index contributed by atoms with van der Waals surface area (Å²) in [5, 5.41) is 22.3. The summed E-state index contributed by atoms with van der Waals surface area (Å²) >= 11 is 7.75. The van der Waals surface area contributed by atoms with Crippen molar-refractivity contribution in [2.45, 2.75) is 38.6 Å². The summed E-state index contributed by atoms with van der Waals surface area (Å²) in [6.07, 6.45) is 3.06. The topological polar surface area (TPSA) is 146 Å². The normalized spacial score (nSPS) is 14.8. The number of aromatic nitrogens is 4. The number of carbonyl (C=O) groups excluding carboxylic acids is 2. The molecule has 2 N–H and O–H groups in total. The van der Waals surface area contributed by atoms with Crippen LogP contribution in [-0.2, 0) is 16.3 Å². The molecule has 0 bridgehead atoms. The third-order valence-corrected chi connectivity index (χ3v) is 9.84. The maximum atomic E-state index is 13.3. The van der Waals surface area contributed by atoms with Crippen LogP contribution in [0.1, 0.15) is 10.4 Å². The Labute approximate surface area is 240 Å². The average molecular weight is 598 g/mol. The van der Waals surface area contributed by atoms with Crippen LogP contribution in [0.5, 0.6) is 0 Å². The number of rotatable bonds is 9. The maximum Gasteiger partial charge on any atom is 0.272 e. The van der Waals surface area contributed by atoms with Crippen LogP contribution in [0.4, 0.5) is 0 Å². The molecule has 0 aliphatic carbocycles. The number of carbonyl (C=O) groups is 2. The summed E-state index contributed by atoms with van der Waals surface area (Å²) in [5.41, 5.74) is 2.12. The number of aliphatic hydroxyl groups is 1. The van der Waals surface area contributed by atoms with E-state index in [1.807, 2.05) is 6.07 Å². The van der Waals surface area contributed by atoms with Crippen LogP contribution in [-0.4, -0.2) is 75.3 Å². The van der Waals surface area contributed by atoms with Crippen LogP contribution in [0.25, 0.3) is 32.0 Å². The van der Waals surface area contributed by atoms with Crippen molar-refractivity contribution in [1.82, 2.24) is 29.7 Å². The SMILES string of the molecule is C[Si](C)(C)CCOCn1cc(C(=O)N[C@H](O)C(=O)N2CC(C#N)C2)c2nc(-c3cc4nccc(Cl)c4s3)cnc21. The fraction of sp³-hybridized carbons (Fsp3) is 0.385. The highest BCUT2D eigenvalue weighted by molar-refractivity contribution is 7.22. The Morgan fingerprint density at radius 2 is 2.12 bits per heavy atom. The molecule has 0 saturated carbocycles. The number of halogens is 1. The number of nitrogens with one attached hydrogen (secondary N) is 1. The van der Waals surface area contributed by atoms with Gasteiger partial charge in [-0.2, -0.15) is 5.26 Å². The summed E-state index contributed by atoms with van der Waals surface area (Å²) in [6.45, 7) is 7.97. The minimum atomic E-state index is -1.76. The van der Waals surface area contributed by atoms with Gasteiger partial charge in [0.25, 0.3) is 11.8 Å². The van der Waals surface area contributed by atoms with Gasteiger partial charge in [0.1, 0.15) is 12.2 Å². The molecule has 0 spiro atoms. The molecular weight excluding hydrogens is 570 g/mol. The van der Waals surface area contributed by atoms with Crippen LogP contribution in [0.2, 0.25) is 30.7 Å². The quantitative estimate of drug-likeness (QED) is 0.169. The Balaban J connectivity index is 1.44. The van der Waals surface area contributed by atoms with E-state index in [1.54, 1.807) is 29.2 Å². The zero-order valence-electron chi connectivity index (χ0n) is 22.2. The van der Waals surface area contributed by atoms with Crippen LogP contribution >= 0.6 is 22.9 Å². The molecule has 11 nitrogen and oxygen atoms in total. The second-order valence-corrected chi connectivity index (χ2v) is 17.9. The Kier molecular flexibility index (Phi) is 7.89. The first kappa shape index (κ1) is 28.1. The summed E-state index contributed by atoms with van der Waals surface area (Å²) in [7, 11) is -1.29. The maximum absolute atomic E-state index is 13.3. The van der Waals surface area contributed by atoms with Crippen molar-refractivity contribution in [2.75, 3.05) is 19.7 Å². The van der Waals surface area contributed by atoms with Gasteiger partial charge in [-0.05, 0) is 18.2 Å². The number of hydrogen-bond donors (Lipinski definition) is 2. The smallest absolute Gasteiger partial charge is 0.272 e. The number of thiophene rings is 1. The summed E-state index contributed by atoms with van der Waals surface area (Å²) in [5.74, 6) is -1.62. The third-order valence-electron chi connectivity index (χ3n) is 6.53. The van der Waals surface area contributed by atoms with Gasteiger partial charge in [-0.15, -0.1) is 11.3 Å². The molecule has 4 aromatic heterocycles. The zero-order valence-corrected chi connectivity index (χ0v) is 24.8. The van der Waals surface area contributed by atoms with E-state index in [4.69, 9.17) is 26.6 Å². The number of pyridine rings is 1. The molecule has 4 aromatic rings. The molecule has 0 aromatic carbocycles. The molecule has 208 valence electrons. The van der Waals surface area contributed by atoms with Crippen LogP contribution < -0.4 is 5.32 Å². The van der Waals surface area contributed by atoms with E-state index < -0.39 is 26.1 Å². The zero-order chi connectivity index (χ0) is 28.6. The second kappa shape index (κ2) is 11.2. The molecule has 0 unspecified atom stereocenters. The number of hydrogen-bond acceptors (Lipinski definition) is 9. The van der Waals surface area contributed by atoms with Crippen LogP contribution in [0.3, 0.4) is 0 Å². The Hall–Kier alpha value is -3.41. The average Bonchev–Trinajstić information content (AvgIpc) is 3.48. The molecular formula is C26H28ClN7O4SSi. The Morgan fingerprint density at radius 3 is 2.83 bits per heavy atom. The number of ether oxygens (including phenoxy) is 1. The highest BCUT2D eigenvalue weighted by Crippen LogP contribution is 2.36. The number of nitrogens with zero attached hydrogens (tertiary/aromatic N) is 6. The summed E-state index contributed by atoms with van der Waals surface area (Å²) in [6, 6.07) is 6.64. The van der Waals surface area contributed by atoms with Gasteiger partial charge in [-0.1, -0.05) is 31.2 Å². The van der Waals surface area contributed by atoms with Gasteiger partial charge in [-0.3, -0.25) is 14.6 Å². The number of aliphatic hydroxyl groups excluding tert-OH is 1. The third kappa shape index (κ3) is 5.86. The summed E-state index contributed by atoms with van der Waals surface area (Å²) < 4.78 is 8.41. The first-order valence-corrected chi connectivity index (χ1v) is 17.6. The Morgan fingerprint density at radius 1 is 1.35 bits per heavy atom. The van der Waals surface area contributed by atoms with Crippen molar-refractivity contribution in [3.05, 3.63) is 41.3 Å². The second-order valence-electron chi connectivity index (χ2n) is 10.9. The lowest BCUT2D eigenvalue weighted by Crippen LogP contribution is -2.56. The lowest BCUT2D eigenvalue weighted by molar-refractivity contribution is -0.146. The molecule has 1 atom stereocenters. The minimum Gasteiger partial charge on any atom is -0.365 e. The molecule has 1 saturated heterocycles. The first-order chi connectivity index (χ1) is 19.0. The number of fused-ring (bicyclic) bond motifs is 2. The van der Waals surface area contributed by atoms with Gasteiger partial charge in [0, 0.05) is 40.2 Å². The number of amides is 2. The van der Waals surface area contributed by atoms with Gasteiger partial charge in [-0.25, -0.2) is 9.97 Å². The van der Waals surface area contributed by atoms with E-state index >= 15 is 0 Å². The standard InChI is InChI=1S/C26H28ClN7O4SSi/c1-40(2,3)7-6-38-14-34-13-16(24(35)32-25(36)26(37)33-11-15(9-28)12-33)21-23(34)30-10-19(31-21)20-8-18-22(39-20)17(27)4-5-29-18/h4-5,8,10,13,15,25,36H,6-7,11-12,14H2,1-3H3,(H,32,35)/t25-/m1/s1. The van der Waals surface area contributed by atoms with E-state index in [-0.39, 0.29) is 31.3 Å². The largest absolute Gasteiger partial charge is 0.365 e. The lowest BCUT2D eigenvalue weighted by Gasteiger charge is -2.36. The molecule has 1 aliphatic heterocycles. The molecule has 1 fully saturated rings. The highest BCUT2D eigenvalue weighted by Gasteiger charge is 2.35. The number of nitriles is 1. The van der Waals surface area contributed by atoms with Gasteiger partial charge < -0.3 is 24.6 Å². The Bertz CT molecular complexity index is 1640. The van der Waals surface area contributed by atoms with Crippen molar-refractivity contribution in [2.24, 2.45) is 5.92 Å². The predicted molar refractivity (Wildman–Crippen MR) is 154 cm³/mol. The highest BCUT2D eigenvalue weighted by atomic mass is 35.5. The van der Waals surface area contributed by atoms with Crippen molar-refractivity contribution in [1.29, 1.82) is 5.26 Å². The molecule has 0 radical (unpaired) electrons. The van der Waals surface area contributed by atoms with Crippen LogP contribution in [0, 0.1) is 17.2 Å². The van der Waals surface area contributed by atoms with E-state index in [1.165, 1.54) is 16.2 Å². The number of likely N-dealkylation sites (tertiary alicyclic amines) is 1. The van der Waals surface area contributed by atoms with Gasteiger partial charge in [0.05, 0.1) is 49.6 Å². The fourth-order valence-corrected chi connectivity index (χ4v) is 6.19. The van der Waals surface area contributed by atoms with Crippen molar-refractivity contribution in [3.8, 4) is 16.6 Å². The molecule has 2 amide bonds. The lowest BCUT2D eigenvalue weighted by atomic mass is 10.0. The molecule has 1 aliphatic rings. The minimum absolute atomic E-state index is 0.140. The van der Waals surface area contributed by atoms with E-state index in [0.29, 0.717) is 28.5 Å².